The van der Waals surface area contributed by atoms with Gasteiger partial charge in [0.15, 0.2) is 5.78 Å². The van der Waals surface area contributed by atoms with Gasteiger partial charge in [-0.05, 0) is 45.0 Å². The van der Waals surface area contributed by atoms with Gasteiger partial charge in [0, 0.05) is 17.7 Å². The highest BCUT2D eigenvalue weighted by Crippen LogP contribution is 2.18. The summed E-state index contributed by atoms with van der Waals surface area (Å²) in [4.78, 5) is 33.4. The molecule has 1 aromatic carbocycles. The van der Waals surface area contributed by atoms with Gasteiger partial charge in [-0.25, -0.2) is 9.59 Å². The number of hydrogen-bond donors (Lipinski definition) is 2. The van der Waals surface area contributed by atoms with Crippen molar-refractivity contribution in [2.45, 2.75) is 32.5 Å². The van der Waals surface area contributed by atoms with E-state index in [1.165, 1.54) is 26.0 Å². The minimum absolute atomic E-state index is 0.0624. The van der Waals surface area contributed by atoms with Gasteiger partial charge in [0.25, 0.3) is 0 Å². The van der Waals surface area contributed by atoms with Crippen LogP contribution in [0.25, 0.3) is 0 Å². The van der Waals surface area contributed by atoms with E-state index in [2.05, 4.69) is 0 Å². The number of carboxylic acids is 1. The van der Waals surface area contributed by atoms with E-state index in [1.54, 1.807) is 19.1 Å². The van der Waals surface area contributed by atoms with Gasteiger partial charge in [-0.1, -0.05) is 0 Å². The van der Waals surface area contributed by atoms with E-state index in [-0.39, 0.29) is 6.61 Å². The van der Waals surface area contributed by atoms with E-state index in [4.69, 9.17) is 14.6 Å². The fourth-order valence-electron chi connectivity index (χ4n) is 1.69. The Morgan fingerprint density at radius 2 is 1.75 bits per heavy atom. The molecule has 1 rings (SSSR count). The van der Waals surface area contributed by atoms with Gasteiger partial charge < -0.3 is 19.7 Å². The number of rotatable bonds is 8. The molecule has 0 aliphatic rings. The van der Waals surface area contributed by atoms with Gasteiger partial charge >= 0.3 is 11.9 Å². The third-order valence-corrected chi connectivity index (χ3v) is 2.83. The van der Waals surface area contributed by atoms with Crippen molar-refractivity contribution >= 4 is 17.7 Å². The SMILES string of the molecule is CC(COC(=O)/C=C\C(=O)O)Oc1ccc(C(=O)C(C)(C)O)cc1. The summed E-state index contributed by atoms with van der Waals surface area (Å²) >= 11 is 0. The molecule has 24 heavy (non-hydrogen) atoms. The molecule has 7 heteroatoms. The lowest BCUT2D eigenvalue weighted by atomic mass is 9.97. The lowest BCUT2D eigenvalue weighted by Gasteiger charge is -2.17. The van der Waals surface area contributed by atoms with Gasteiger partial charge in [-0.3, -0.25) is 4.79 Å². The van der Waals surface area contributed by atoms with Crippen LogP contribution in [0.2, 0.25) is 0 Å². The number of carbonyl (C=O) groups excluding carboxylic acids is 2. The quantitative estimate of drug-likeness (QED) is 0.421. The zero-order valence-electron chi connectivity index (χ0n) is 13.7. The van der Waals surface area contributed by atoms with E-state index < -0.39 is 29.4 Å². The van der Waals surface area contributed by atoms with Gasteiger partial charge in [0.1, 0.15) is 24.1 Å². The van der Waals surface area contributed by atoms with Crippen LogP contribution in [0.4, 0.5) is 0 Å². The Labute approximate surface area is 139 Å². The molecular weight excluding hydrogens is 316 g/mol. The molecular formula is C17H20O7. The summed E-state index contributed by atoms with van der Waals surface area (Å²) in [5.41, 5.74) is -1.10. The first-order valence-corrected chi connectivity index (χ1v) is 7.21. The molecule has 0 amide bonds. The summed E-state index contributed by atoms with van der Waals surface area (Å²) in [6, 6.07) is 6.21. The molecule has 0 heterocycles. The average molecular weight is 336 g/mol. The molecule has 0 aliphatic heterocycles. The molecule has 0 saturated heterocycles. The second-order valence-electron chi connectivity index (χ2n) is 5.64. The molecule has 0 bridgehead atoms. The van der Waals surface area contributed by atoms with Gasteiger partial charge in [-0.15, -0.1) is 0 Å². The minimum atomic E-state index is -1.45. The number of carbonyl (C=O) groups is 3. The summed E-state index contributed by atoms with van der Waals surface area (Å²) in [5.74, 6) is -1.95. The van der Waals surface area contributed by atoms with Crippen LogP contribution in [-0.4, -0.2) is 46.2 Å². The number of aliphatic carboxylic acids is 1. The summed E-state index contributed by atoms with van der Waals surface area (Å²) in [5, 5.41) is 18.1. The lowest BCUT2D eigenvalue weighted by Crippen LogP contribution is -2.31. The van der Waals surface area contributed by atoms with Crippen molar-refractivity contribution < 1.29 is 34.1 Å². The Bertz CT molecular complexity index is 623. The maximum atomic E-state index is 11.9. The maximum absolute atomic E-state index is 11.9. The molecule has 1 unspecified atom stereocenters. The van der Waals surface area contributed by atoms with Crippen molar-refractivity contribution in [3.05, 3.63) is 42.0 Å². The fourth-order valence-corrected chi connectivity index (χ4v) is 1.69. The molecule has 0 spiro atoms. The van der Waals surface area contributed by atoms with Crippen LogP contribution < -0.4 is 4.74 Å². The van der Waals surface area contributed by atoms with E-state index in [1.807, 2.05) is 0 Å². The Hall–Kier alpha value is -2.67. The molecule has 2 N–H and O–H groups in total. The fraction of sp³-hybridized carbons (Fsp3) is 0.353. The highest BCUT2D eigenvalue weighted by atomic mass is 16.6. The van der Waals surface area contributed by atoms with E-state index in [9.17, 15) is 19.5 Å². The molecule has 0 fully saturated rings. The van der Waals surface area contributed by atoms with Crippen LogP contribution in [0.1, 0.15) is 31.1 Å². The molecule has 0 aromatic heterocycles. The average Bonchev–Trinajstić information content (AvgIpc) is 2.50. The number of carboxylic acid groups (broad SMARTS) is 1. The van der Waals surface area contributed by atoms with Crippen molar-refractivity contribution in [1.29, 1.82) is 0 Å². The summed E-state index contributed by atoms with van der Waals surface area (Å²) in [7, 11) is 0. The number of ether oxygens (including phenoxy) is 2. The normalized spacial score (nSPS) is 12.7. The summed E-state index contributed by atoms with van der Waals surface area (Å²) < 4.78 is 10.4. The van der Waals surface area contributed by atoms with Crippen molar-refractivity contribution in [2.75, 3.05) is 6.61 Å². The monoisotopic (exact) mass is 336 g/mol. The minimum Gasteiger partial charge on any atom is -0.487 e. The zero-order chi connectivity index (χ0) is 18.3. The van der Waals surface area contributed by atoms with Crippen molar-refractivity contribution in [2.24, 2.45) is 0 Å². The second-order valence-corrected chi connectivity index (χ2v) is 5.64. The van der Waals surface area contributed by atoms with Crippen LogP contribution in [-0.2, 0) is 14.3 Å². The number of aliphatic hydroxyl groups is 1. The number of ketones is 1. The standard InChI is InChI=1S/C17H20O7/c1-11(10-23-15(20)9-8-14(18)19)24-13-6-4-12(5-7-13)16(21)17(2,3)22/h4-9,11,22H,10H2,1-3H3,(H,18,19)/b9-8-. The van der Waals surface area contributed by atoms with Crippen LogP contribution in [0, 0.1) is 0 Å². The Balaban J connectivity index is 2.53. The van der Waals surface area contributed by atoms with Crippen molar-refractivity contribution in [1.82, 2.24) is 0 Å². The summed E-state index contributed by atoms with van der Waals surface area (Å²) in [6.45, 7) is 4.43. The van der Waals surface area contributed by atoms with Crippen LogP contribution in [0.5, 0.6) is 5.75 Å². The van der Waals surface area contributed by atoms with E-state index >= 15 is 0 Å². The number of Topliss-reactive ketones (excluding diaryl/α,β-unsaturated/α-hetero) is 1. The van der Waals surface area contributed by atoms with Crippen molar-refractivity contribution in [3.8, 4) is 5.75 Å². The topological polar surface area (TPSA) is 110 Å². The molecule has 1 atom stereocenters. The Morgan fingerprint density at radius 1 is 1.17 bits per heavy atom. The first-order valence-electron chi connectivity index (χ1n) is 7.21. The molecule has 0 radical (unpaired) electrons. The van der Waals surface area contributed by atoms with Gasteiger partial charge in [0.2, 0.25) is 0 Å². The smallest absolute Gasteiger partial charge is 0.331 e. The number of hydrogen-bond acceptors (Lipinski definition) is 6. The number of esters is 1. The zero-order valence-corrected chi connectivity index (χ0v) is 13.7. The second kappa shape index (κ2) is 8.26. The first kappa shape index (κ1) is 19.4. The maximum Gasteiger partial charge on any atom is 0.331 e. The third-order valence-electron chi connectivity index (χ3n) is 2.83. The highest BCUT2D eigenvalue weighted by Gasteiger charge is 2.25. The predicted molar refractivity (Wildman–Crippen MR) is 84.9 cm³/mol. The lowest BCUT2D eigenvalue weighted by molar-refractivity contribution is -0.140. The highest BCUT2D eigenvalue weighted by molar-refractivity contribution is 6.01. The Morgan fingerprint density at radius 3 is 2.25 bits per heavy atom. The third kappa shape index (κ3) is 6.62. The van der Waals surface area contributed by atoms with E-state index in [0.717, 1.165) is 6.08 Å². The van der Waals surface area contributed by atoms with E-state index in [0.29, 0.717) is 17.4 Å². The number of benzene rings is 1. The molecule has 0 aliphatic carbocycles. The predicted octanol–water partition coefficient (Wildman–Crippen LogP) is 1.59. The van der Waals surface area contributed by atoms with Crippen LogP contribution in [0.3, 0.4) is 0 Å². The van der Waals surface area contributed by atoms with Crippen LogP contribution in [0.15, 0.2) is 36.4 Å². The largest absolute Gasteiger partial charge is 0.487 e. The van der Waals surface area contributed by atoms with Crippen LogP contribution >= 0.6 is 0 Å². The van der Waals surface area contributed by atoms with Gasteiger partial charge in [0.05, 0.1) is 0 Å². The molecule has 1 aromatic rings. The molecule has 0 saturated carbocycles. The van der Waals surface area contributed by atoms with Crippen molar-refractivity contribution in [3.63, 3.8) is 0 Å². The van der Waals surface area contributed by atoms with Gasteiger partial charge in [-0.2, -0.15) is 0 Å². The summed E-state index contributed by atoms with van der Waals surface area (Å²) in [6.07, 6.45) is 1.03. The Kier molecular flexibility index (Phi) is 6.67. The molecule has 130 valence electrons. The molecule has 7 nitrogen and oxygen atoms in total. The first-order chi connectivity index (χ1) is 11.1.